The van der Waals surface area contributed by atoms with E-state index in [-0.39, 0.29) is 12.1 Å². The van der Waals surface area contributed by atoms with Gasteiger partial charge in [-0.15, -0.1) is 0 Å². The topological polar surface area (TPSA) is 75.4 Å². The van der Waals surface area contributed by atoms with Crippen LogP contribution in [0.2, 0.25) is 0 Å². The minimum atomic E-state index is -0.267. The third-order valence-corrected chi connectivity index (χ3v) is 4.07. The van der Waals surface area contributed by atoms with Gasteiger partial charge in [0.25, 0.3) is 0 Å². The Morgan fingerprint density at radius 1 is 1.04 bits per heavy atom. The van der Waals surface area contributed by atoms with Crippen molar-refractivity contribution in [3.8, 4) is 11.5 Å². The van der Waals surface area contributed by atoms with Crippen molar-refractivity contribution >= 4 is 22.6 Å². The van der Waals surface area contributed by atoms with Gasteiger partial charge in [-0.05, 0) is 48.9 Å². The fraction of sp³-hybridized carbons (Fsp3) is 0.211. The number of H-pyrrole nitrogens is 1. The van der Waals surface area contributed by atoms with Gasteiger partial charge in [0.2, 0.25) is 0 Å². The summed E-state index contributed by atoms with van der Waals surface area (Å²) in [6.07, 6.45) is 1.87. The molecule has 2 aromatic carbocycles. The number of hydrogen-bond donors (Lipinski definition) is 3. The summed E-state index contributed by atoms with van der Waals surface area (Å²) >= 11 is 0. The summed E-state index contributed by atoms with van der Waals surface area (Å²) < 4.78 is 10.5. The lowest BCUT2D eigenvalue weighted by Crippen LogP contribution is -2.31. The number of aromatic amines is 1. The van der Waals surface area contributed by atoms with E-state index in [1.165, 1.54) is 0 Å². The summed E-state index contributed by atoms with van der Waals surface area (Å²) in [6.45, 7) is 1.91. The first-order valence-electron chi connectivity index (χ1n) is 7.97. The molecule has 1 unspecified atom stereocenters. The van der Waals surface area contributed by atoms with Crippen molar-refractivity contribution in [2.75, 3.05) is 19.5 Å². The molecule has 0 aliphatic rings. The van der Waals surface area contributed by atoms with Crippen molar-refractivity contribution in [2.45, 2.75) is 13.0 Å². The van der Waals surface area contributed by atoms with Gasteiger partial charge >= 0.3 is 6.03 Å². The largest absolute Gasteiger partial charge is 0.493 e. The molecule has 1 aromatic heterocycles. The van der Waals surface area contributed by atoms with Crippen LogP contribution < -0.4 is 20.1 Å². The van der Waals surface area contributed by atoms with Gasteiger partial charge in [0, 0.05) is 22.8 Å². The molecule has 0 aliphatic carbocycles. The number of carbonyl (C=O) groups is 1. The Labute approximate surface area is 146 Å². The molecule has 6 nitrogen and oxygen atoms in total. The number of hydrogen-bond acceptors (Lipinski definition) is 3. The van der Waals surface area contributed by atoms with Crippen molar-refractivity contribution in [3.63, 3.8) is 0 Å². The maximum absolute atomic E-state index is 12.3. The van der Waals surface area contributed by atoms with Gasteiger partial charge in [0.05, 0.1) is 20.3 Å². The third-order valence-electron chi connectivity index (χ3n) is 4.07. The molecule has 130 valence electrons. The molecule has 1 heterocycles. The van der Waals surface area contributed by atoms with Gasteiger partial charge in [0.1, 0.15) is 0 Å². The number of amides is 2. The van der Waals surface area contributed by atoms with Gasteiger partial charge < -0.3 is 25.1 Å². The van der Waals surface area contributed by atoms with E-state index >= 15 is 0 Å². The molecule has 3 N–H and O–H groups in total. The number of rotatable bonds is 5. The summed E-state index contributed by atoms with van der Waals surface area (Å²) in [5, 5.41) is 6.82. The van der Waals surface area contributed by atoms with Crippen LogP contribution in [-0.4, -0.2) is 25.2 Å². The highest BCUT2D eigenvalue weighted by molar-refractivity contribution is 5.92. The zero-order valence-corrected chi connectivity index (χ0v) is 14.4. The molecule has 0 saturated carbocycles. The molecule has 3 aromatic rings. The number of aromatic nitrogens is 1. The van der Waals surface area contributed by atoms with Crippen LogP contribution in [-0.2, 0) is 0 Å². The number of ether oxygens (including phenoxy) is 2. The maximum Gasteiger partial charge on any atom is 0.319 e. The van der Waals surface area contributed by atoms with Crippen LogP contribution in [0.15, 0.2) is 48.7 Å². The van der Waals surface area contributed by atoms with E-state index in [4.69, 9.17) is 9.47 Å². The van der Waals surface area contributed by atoms with E-state index in [9.17, 15) is 4.79 Å². The lowest BCUT2D eigenvalue weighted by molar-refractivity contribution is 0.249. The predicted molar refractivity (Wildman–Crippen MR) is 98.4 cm³/mol. The Bertz CT molecular complexity index is 889. The van der Waals surface area contributed by atoms with E-state index in [2.05, 4.69) is 15.6 Å². The minimum absolute atomic E-state index is 0.184. The Kier molecular flexibility index (Phi) is 4.79. The third kappa shape index (κ3) is 3.68. The van der Waals surface area contributed by atoms with Crippen molar-refractivity contribution in [2.24, 2.45) is 0 Å². The molecule has 0 fully saturated rings. The summed E-state index contributed by atoms with van der Waals surface area (Å²) in [5.74, 6) is 1.29. The average Bonchev–Trinajstić information content (AvgIpc) is 3.08. The number of nitrogens with one attached hydrogen (secondary N) is 3. The fourth-order valence-electron chi connectivity index (χ4n) is 2.70. The molecule has 0 aliphatic heterocycles. The van der Waals surface area contributed by atoms with Crippen LogP contribution in [0.5, 0.6) is 11.5 Å². The molecule has 2 amide bonds. The van der Waals surface area contributed by atoms with E-state index in [1.807, 2.05) is 55.6 Å². The van der Waals surface area contributed by atoms with Crippen molar-refractivity contribution in [3.05, 3.63) is 54.2 Å². The second kappa shape index (κ2) is 7.17. The van der Waals surface area contributed by atoms with Crippen LogP contribution in [0.25, 0.3) is 10.9 Å². The summed E-state index contributed by atoms with van der Waals surface area (Å²) in [7, 11) is 3.18. The molecular weight excluding hydrogens is 318 g/mol. The van der Waals surface area contributed by atoms with E-state index in [0.717, 1.165) is 22.2 Å². The van der Waals surface area contributed by atoms with Crippen LogP contribution in [0, 0.1) is 0 Å². The second-order valence-corrected chi connectivity index (χ2v) is 5.71. The van der Waals surface area contributed by atoms with Crippen LogP contribution in [0.3, 0.4) is 0 Å². The highest BCUT2D eigenvalue weighted by Crippen LogP contribution is 2.29. The zero-order chi connectivity index (χ0) is 17.8. The fourth-order valence-corrected chi connectivity index (χ4v) is 2.70. The monoisotopic (exact) mass is 339 g/mol. The molecule has 0 radical (unpaired) electrons. The van der Waals surface area contributed by atoms with Crippen LogP contribution in [0.1, 0.15) is 18.5 Å². The second-order valence-electron chi connectivity index (χ2n) is 5.71. The first kappa shape index (κ1) is 16.7. The van der Waals surface area contributed by atoms with Gasteiger partial charge in [-0.2, -0.15) is 0 Å². The number of methoxy groups -OCH3 is 2. The van der Waals surface area contributed by atoms with Gasteiger partial charge in [-0.3, -0.25) is 0 Å². The quantitative estimate of drug-likeness (QED) is 0.656. The summed E-state index contributed by atoms with van der Waals surface area (Å²) in [4.78, 5) is 15.4. The van der Waals surface area contributed by atoms with E-state index in [1.54, 1.807) is 14.2 Å². The van der Waals surface area contributed by atoms with Crippen molar-refractivity contribution < 1.29 is 14.3 Å². The number of carbonyl (C=O) groups excluding carboxylic acids is 1. The van der Waals surface area contributed by atoms with E-state index < -0.39 is 0 Å². The Balaban J connectivity index is 1.67. The predicted octanol–water partition coefficient (Wildman–Crippen LogP) is 4.07. The number of urea groups is 1. The highest BCUT2D eigenvalue weighted by Gasteiger charge is 2.13. The Hall–Kier alpha value is -3.15. The van der Waals surface area contributed by atoms with Crippen molar-refractivity contribution in [1.82, 2.24) is 10.3 Å². The molecule has 0 bridgehead atoms. The molecule has 3 rings (SSSR count). The van der Waals surface area contributed by atoms with Crippen molar-refractivity contribution in [1.29, 1.82) is 0 Å². The Morgan fingerprint density at radius 2 is 1.84 bits per heavy atom. The maximum atomic E-state index is 12.3. The lowest BCUT2D eigenvalue weighted by atomic mass is 10.1. The molecule has 6 heteroatoms. The Morgan fingerprint density at radius 3 is 2.60 bits per heavy atom. The minimum Gasteiger partial charge on any atom is -0.493 e. The highest BCUT2D eigenvalue weighted by atomic mass is 16.5. The van der Waals surface area contributed by atoms with E-state index in [0.29, 0.717) is 11.5 Å². The van der Waals surface area contributed by atoms with Gasteiger partial charge in [0.15, 0.2) is 11.5 Å². The first-order chi connectivity index (χ1) is 12.1. The SMILES string of the molecule is COc1ccc(C(C)NC(=O)Nc2ccc3[nH]ccc3c2)cc1OC. The number of anilines is 1. The number of benzene rings is 2. The normalized spacial score (nSPS) is 11.8. The van der Waals surface area contributed by atoms with Gasteiger partial charge in [-0.1, -0.05) is 6.07 Å². The van der Waals surface area contributed by atoms with Crippen LogP contribution in [0.4, 0.5) is 10.5 Å². The zero-order valence-electron chi connectivity index (χ0n) is 14.4. The molecule has 0 spiro atoms. The molecule has 0 saturated heterocycles. The lowest BCUT2D eigenvalue weighted by Gasteiger charge is -2.17. The van der Waals surface area contributed by atoms with Gasteiger partial charge in [-0.25, -0.2) is 4.79 Å². The summed E-state index contributed by atoms with van der Waals surface area (Å²) in [6, 6.07) is 12.8. The molecular formula is C19H21N3O3. The smallest absolute Gasteiger partial charge is 0.319 e. The van der Waals surface area contributed by atoms with Crippen LogP contribution >= 0.6 is 0 Å². The first-order valence-corrected chi connectivity index (χ1v) is 7.97. The summed E-state index contributed by atoms with van der Waals surface area (Å²) in [5.41, 5.74) is 2.70. The standard InChI is InChI=1S/C19H21N3O3/c1-12(13-4-7-17(24-2)18(11-13)25-3)21-19(23)22-15-5-6-16-14(10-15)8-9-20-16/h4-12,20H,1-3H3,(H2,21,22,23). The molecule has 25 heavy (non-hydrogen) atoms. The average molecular weight is 339 g/mol. The number of fused-ring (bicyclic) bond motifs is 1. The molecule has 1 atom stereocenters.